The van der Waals surface area contributed by atoms with E-state index in [9.17, 15) is 19.2 Å². The van der Waals surface area contributed by atoms with Crippen molar-refractivity contribution in [2.75, 3.05) is 13.2 Å². The van der Waals surface area contributed by atoms with Crippen LogP contribution >= 0.6 is 0 Å². The van der Waals surface area contributed by atoms with Gasteiger partial charge in [0.25, 0.3) is 0 Å². The predicted molar refractivity (Wildman–Crippen MR) is 109 cm³/mol. The number of hydrogen-bond acceptors (Lipinski definition) is 7. The molecule has 0 radical (unpaired) electrons. The van der Waals surface area contributed by atoms with Crippen molar-refractivity contribution in [3.63, 3.8) is 0 Å². The summed E-state index contributed by atoms with van der Waals surface area (Å²) < 4.78 is 16.0. The average molecular weight is 427 g/mol. The molecule has 0 N–H and O–H groups in total. The monoisotopic (exact) mass is 427 g/mol. The lowest BCUT2D eigenvalue weighted by Gasteiger charge is -2.19. The molecule has 1 aromatic carbocycles. The van der Waals surface area contributed by atoms with Crippen molar-refractivity contribution < 1.29 is 33.1 Å². The van der Waals surface area contributed by atoms with Gasteiger partial charge >= 0.3 is 11.9 Å². The van der Waals surface area contributed by atoms with Gasteiger partial charge in [-0.15, -0.1) is 0 Å². The molecule has 2 heterocycles. The zero-order valence-corrected chi connectivity index (χ0v) is 17.4. The second-order valence-electron chi connectivity index (χ2n) is 7.86. The lowest BCUT2D eigenvalue weighted by Crippen LogP contribution is -2.33. The number of carbonyl (C=O) groups excluding carboxylic acids is 4. The van der Waals surface area contributed by atoms with E-state index in [2.05, 4.69) is 0 Å². The smallest absolute Gasteiger partial charge is 0.374 e. The summed E-state index contributed by atoms with van der Waals surface area (Å²) in [6.45, 7) is 1.73. The summed E-state index contributed by atoms with van der Waals surface area (Å²) in [6.07, 6.45) is 3.29. The molecule has 2 unspecified atom stereocenters. The number of furan rings is 1. The van der Waals surface area contributed by atoms with Gasteiger partial charge < -0.3 is 13.9 Å². The maximum absolute atomic E-state index is 12.5. The SMILES string of the molecule is CCOC(=O)c1oc2ccccc2c1COC(=O)CCN1C(=O)C2CCCCC2C1=O. The minimum Gasteiger partial charge on any atom is -0.461 e. The van der Waals surface area contributed by atoms with Gasteiger partial charge in [0.05, 0.1) is 30.4 Å². The van der Waals surface area contributed by atoms with Crippen LogP contribution in [0.15, 0.2) is 28.7 Å². The van der Waals surface area contributed by atoms with E-state index in [-0.39, 0.29) is 55.6 Å². The Morgan fingerprint density at radius 3 is 2.42 bits per heavy atom. The standard InChI is InChI=1S/C23H25NO7/c1-2-29-23(28)20-17(14-7-5-6-10-18(14)31-20)13-30-19(25)11-12-24-21(26)15-8-3-4-9-16(15)22(24)27/h5-7,10,15-16H,2-4,8-9,11-13H2,1H3. The molecule has 2 fully saturated rings. The molecule has 2 aliphatic rings. The van der Waals surface area contributed by atoms with Gasteiger partial charge in [0.1, 0.15) is 12.2 Å². The lowest BCUT2D eigenvalue weighted by molar-refractivity contribution is -0.146. The average Bonchev–Trinajstić information content (AvgIpc) is 3.27. The summed E-state index contributed by atoms with van der Waals surface area (Å²) in [6, 6.07) is 7.06. The molecule has 1 aliphatic heterocycles. The van der Waals surface area contributed by atoms with Crippen LogP contribution in [0.1, 0.15) is 55.1 Å². The van der Waals surface area contributed by atoms with Crippen LogP contribution in [-0.4, -0.2) is 41.8 Å². The largest absolute Gasteiger partial charge is 0.461 e. The number of esters is 2. The Bertz CT molecular complexity index is 1000. The zero-order chi connectivity index (χ0) is 22.0. The molecule has 4 rings (SSSR count). The number of carbonyl (C=O) groups is 4. The van der Waals surface area contributed by atoms with Gasteiger partial charge in [-0.1, -0.05) is 31.0 Å². The number of hydrogen-bond donors (Lipinski definition) is 0. The number of rotatable bonds is 7. The first-order chi connectivity index (χ1) is 15.0. The summed E-state index contributed by atoms with van der Waals surface area (Å²) in [5, 5.41) is 0.660. The predicted octanol–water partition coefficient (Wildman–Crippen LogP) is 3.22. The second-order valence-corrected chi connectivity index (χ2v) is 7.86. The number of para-hydroxylation sites is 1. The topological polar surface area (TPSA) is 103 Å². The number of benzene rings is 1. The minimum atomic E-state index is -0.624. The van der Waals surface area contributed by atoms with E-state index in [1.165, 1.54) is 4.90 Å². The fourth-order valence-electron chi connectivity index (χ4n) is 4.48. The fraction of sp³-hybridized carbons (Fsp3) is 0.478. The molecular weight excluding hydrogens is 402 g/mol. The molecule has 1 saturated heterocycles. The van der Waals surface area contributed by atoms with Crippen molar-refractivity contribution in [1.29, 1.82) is 0 Å². The molecule has 2 atom stereocenters. The molecule has 0 spiro atoms. The van der Waals surface area contributed by atoms with Crippen LogP contribution in [0.2, 0.25) is 0 Å². The number of imide groups is 1. The zero-order valence-electron chi connectivity index (χ0n) is 17.4. The molecule has 0 bridgehead atoms. The summed E-state index contributed by atoms with van der Waals surface area (Å²) in [7, 11) is 0. The van der Waals surface area contributed by atoms with Crippen molar-refractivity contribution in [3.8, 4) is 0 Å². The van der Waals surface area contributed by atoms with Crippen LogP contribution in [0.3, 0.4) is 0 Å². The number of likely N-dealkylation sites (tertiary alicyclic amines) is 1. The van der Waals surface area contributed by atoms with Gasteiger partial charge in [0.2, 0.25) is 17.6 Å². The van der Waals surface area contributed by atoms with E-state index in [1.807, 2.05) is 0 Å². The van der Waals surface area contributed by atoms with Gasteiger partial charge in [-0.25, -0.2) is 4.79 Å². The van der Waals surface area contributed by atoms with Crippen molar-refractivity contribution in [2.24, 2.45) is 11.8 Å². The Hall–Kier alpha value is -3.16. The van der Waals surface area contributed by atoms with E-state index in [1.54, 1.807) is 31.2 Å². The molecule has 1 aromatic heterocycles. The van der Waals surface area contributed by atoms with Gasteiger partial charge in [0.15, 0.2) is 0 Å². The summed E-state index contributed by atoms with van der Waals surface area (Å²) in [5.74, 6) is -2.00. The molecule has 164 valence electrons. The Morgan fingerprint density at radius 1 is 1.06 bits per heavy atom. The van der Waals surface area contributed by atoms with Crippen LogP contribution < -0.4 is 0 Å². The first-order valence-electron chi connectivity index (χ1n) is 10.7. The highest BCUT2D eigenvalue weighted by atomic mass is 16.5. The first kappa shape index (κ1) is 21.1. The number of nitrogens with zero attached hydrogens (tertiary/aromatic N) is 1. The van der Waals surface area contributed by atoms with Gasteiger partial charge in [0, 0.05) is 11.9 Å². The third-order valence-electron chi connectivity index (χ3n) is 6.01. The molecule has 1 saturated carbocycles. The molecule has 31 heavy (non-hydrogen) atoms. The van der Waals surface area contributed by atoms with E-state index >= 15 is 0 Å². The highest BCUT2D eigenvalue weighted by Gasteiger charge is 2.47. The summed E-state index contributed by atoms with van der Waals surface area (Å²) >= 11 is 0. The van der Waals surface area contributed by atoms with Crippen LogP contribution in [0.4, 0.5) is 0 Å². The second kappa shape index (κ2) is 8.91. The fourth-order valence-corrected chi connectivity index (χ4v) is 4.48. The third kappa shape index (κ3) is 4.06. The van der Waals surface area contributed by atoms with E-state index in [4.69, 9.17) is 13.9 Å². The van der Waals surface area contributed by atoms with Crippen LogP contribution in [0, 0.1) is 11.8 Å². The van der Waals surface area contributed by atoms with Crippen molar-refractivity contribution in [2.45, 2.75) is 45.6 Å². The van der Waals surface area contributed by atoms with E-state index in [0.29, 0.717) is 16.5 Å². The van der Waals surface area contributed by atoms with Crippen LogP contribution in [0.25, 0.3) is 11.0 Å². The normalized spacial score (nSPS) is 20.7. The Morgan fingerprint density at radius 2 is 1.74 bits per heavy atom. The molecule has 8 nitrogen and oxygen atoms in total. The Labute approximate surface area is 179 Å². The number of ether oxygens (including phenoxy) is 2. The molecule has 1 aliphatic carbocycles. The maximum Gasteiger partial charge on any atom is 0.374 e. The summed E-state index contributed by atoms with van der Waals surface area (Å²) in [5.41, 5.74) is 0.925. The maximum atomic E-state index is 12.5. The Kier molecular flexibility index (Phi) is 6.06. The highest BCUT2D eigenvalue weighted by Crippen LogP contribution is 2.38. The first-order valence-corrected chi connectivity index (χ1v) is 10.7. The van der Waals surface area contributed by atoms with Crippen molar-refractivity contribution in [1.82, 2.24) is 4.90 Å². The molecule has 2 amide bonds. The molecule has 2 aromatic rings. The quantitative estimate of drug-likeness (QED) is 0.494. The van der Waals surface area contributed by atoms with Crippen molar-refractivity contribution >= 4 is 34.7 Å². The van der Waals surface area contributed by atoms with E-state index in [0.717, 1.165) is 25.7 Å². The van der Waals surface area contributed by atoms with E-state index < -0.39 is 11.9 Å². The third-order valence-corrected chi connectivity index (χ3v) is 6.01. The molecular formula is C23H25NO7. The highest BCUT2D eigenvalue weighted by molar-refractivity contribution is 6.05. The Balaban J connectivity index is 1.40. The van der Waals surface area contributed by atoms with Crippen LogP contribution in [0.5, 0.6) is 0 Å². The minimum absolute atomic E-state index is 0.00447. The van der Waals surface area contributed by atoms with Crippen molar-refractivity contribution in [3.05, 3.63) is 35.6 Å². The number of amides is 2. The van der Waals surface area contributed by atoms with Gasteiger partial charge in [-0.3, -0.25) is 19.3 Å². The van der Waals surface area contributed by atoms with Crippen LogP contribution in [-0.2, 0) is 30.5 Å². The van der Waals surface area contributed by atoms with Gasteiger partial charge in [-0.05, 0) is 25.8 Å². The lowest BCUT2D eigenvalue weighted by atomic mass is 9.81. The number of fused-ring (bicyclic) bond motifs is 2. The summed E-state index contributed by atoms with van der Waals surface area (Å²) in [4.78, 5) is 50.8. The molecule has 8 heteroatoms. The van der Waals surface area contributed by atoms with Gasteiger partial charge in [-0.2, -0.15) is 0 Å².